The third kappa shape index (κ3) is 4.32. The maximum atomic E-state index is 15.2. The normalized spacial score (nSPS) is 16.3. The highest BCUT2D eigenvalue weighted by Crippen LogP contribution is 2.28. The van der Waals surface area contributed by atoms with Crippen molar-refractivity contribution in [2.75, 3.05) is 19.6 Å². The number of benzene rings is 1. The fourth-order valence-electron chi connectivity index (χ4n) is 3.89. The molecule has 2 aromatic heterocycles. The number of hydrogen-bond acceptors (Lipinski definition) is 3. The minimum absolute atomic E-state index is 0.0271. The molecule has 0 spiro atoms. The number of rotatable bonds is 5. The number of nitrogens with one attached hydrogen (secondary N) is 2. The number of hydrogen-bond donors (Lipinski definition) is 2. The summed E-state index contributed by atoms with van der Waals surface area (Å²) in [5, 5.41) is 4.12. The van der Waals surface area contributed by atoms with E-state index in [1.54, 1.807) is 11.1 Å². The number of pyridine rings is 1. The molecule has 0 aliphatic carbocycles. The SMILES string of the molecule is Cc1ccc(CNCC2(F)CCN(C(=O)c3c[nH]c4ccc(C)cc34)CC2)nc1. The Hall–Kier alpha value is -2.73. The molecule has 0 unspecified atom stereocenters. The van der Waals surface area contributed by atoms with Crippen molar-refractivity contribution in [1.29, 1.82) is 0 Å². The summed E-state index contributed by atoms with van der Waals surface area (Å²) in [6.07, 6.45) is 4.27. The maximum Gasteiger partial charge on any atom is 0.256 e. The molecule has 1 aliphatic heterocycles. The van der Waals surface area contributed by atoms with Gasteiger partial charge in [-0.3, -0.25) is 9.78 Å². The standard InChI is InChI=1S/C23H27FN4O/c1-16-4-6-21-19(11-16)20(14-27-21)22(29)28-9-7-23(24,8-10-28)15-25-13-18-5-3-17(2)12-26-18/h3-6,11-12,14,25,27H,7-10,13,15H2,1-2H3. The molecule has 3 heterocycles. The van der Waals surface area contributed by atoms with Gasteiger partial charge in [-0.2, -0.15) is 0 Å². The molecule has 1 saturated heterocycles. The summed E-state index contributed by atoms with van der Waals surface area (Å²) in [6.45, 7) is 5.68. The van der Waals surface area contributed by atoms with Crippen LogP contribution in [-0.2, 0) is 6.54 Å². The maximum absolute atomic E-state index is 15.2. The summed E-state index contributed by atoms with van der Waals surface area (Å²) in [4.78, 5) is 22.3. The van der Waals surface area contributed by atoms with Crippen LogP contribution in [-0.4, -0.2) is 46.1 Å². The van der Waals surface area contributed by atoms with Gasteiger partial charge < -0.3 is 15.2 Å². The molecular weight excluding hydrogens is 367 g/mol. The van der Waals surface area contributed by atoms with Crippen LogP contribution in [0, 0.1) is 13.8 Å². The Labute approximate surface area is 170 Å². The summed E-state index contributed by atoms with van der Waals surface area (Å²) in [5.41, 5.74) is 3.45. The zero-order chi connectivity index (χ0) is 20.4. The summed E-state index contributed by atoms with van der Waals surface area (Å²) in [6, 6.07) is 9.98. The number of alkyl halides is 1. The molecule has 3 aromatic rings. The minimum atomic E-state index is -1.29. The van der Waals surface area contributed by atoms with Gasteiger partial charge in [0.2, 0.25) is 0 Å². The molecule has 1 amide bonds. The predicted octanol–water partition coefficient (Wildman–Crippen LogP) is 3.91. The Morgan fingerprint density at radius 1 is 1.21 bits per heavy atom. The Bertz CT molecular complexity index is 1000. The van der Waals surface area contributed by atoms with Crippen molar-refractivity contribution < 1.29 is 9.18 Å². The van der Waals surface area contributed by atoms with Crippen LogP contribution in [0.4, 0.5) is 4.39 Å². The topological polar surface area (TPSA) is 61.0 Å². The fraction of sp³-hybridized carbons (Fsp3) is 0.391. The van der Waals surface area contributed by atoms with Crippen molar-refractivity contribution in [3.8, 4) is 0 Å². The molecule has 4 rings (SSSR count). The number of likely N-dealkylation sites (tertiary alicyclic amines) is 1. The van der Waals surface area contributed by atoms with Crippen LogP contribution >= 0.6 is 0 Å². The van der Waals surface area contributed by atoms with Crippen molar-refractivity contribution in [1.82, 2.24) is 20.2 Å². The molecule has 2 N–H and O–H groups in total. The zero-order valence-corrected chi connectivity index (χ0v) is 17.0. The number of aromatic nitrogens is 2. The molecule has 0 radical (unpaired) electrons. The number of H-pyrrole nitrogens is 1. The second-order valence-corrected chi connectivity index (χ2v) is 8.12. The first-order valence-corrected chi connectivity index (χ1v) is 10.1. The summed E-state index contributed by atoms with van der Waals surface area (Å²) < 4.78 is 15.2. The second kappa shape index (κ2) is 7.95. The van der Waals surface area contributed by atoms with Crippen molar-refractivity contribution >= 4 is 16.8 Å². The number of amides is 1. The Balaban J connectivity index is 1.33. The molecular formula is C23H27FN4O. The smallest absolute Gasteiger partial charge is 0.256 e. The van der Waals surface area contributed by atoms with Crippen LogP contribution in [0.2, 0.25) is 0 Å². The molecule has 1 aliphatic rings. The lowest BCUT2D eigenvalue weighted by Crippen LogP contribution is -2.48. The van der Waals surface area contributed by atoms with E-state index in [9.17, 15) is 4.79 Å². The monoisotopic (exact) mass is 394 g/mol. The van der Waals surface area contributed by atoms with E-state index >= 15 is 4.39 Å². The number of fused-ring (bicyclic) bond motifs is 1. The molecule has 0 atom stereocenters. The van der Waals surface area contributed by atoms with E-state index in [1.807, 2.05) is 50.4 Å². The lowest BCUT2D eigenvalue weighted by Gasteiger charge is -2.36. The summed E-state index contributed by atoms with van der Waals surface area (Å²) in [5.74, 6) is -0.0271. The van der Waals surface area contributed by atoms with Gasteiger partial charge in [0.1, 0.15) is 5.67 Å². The molecule has 1 aromatic carbocycles. The van der Waals surface area contributed by atoms with Crippen LogP contribution in [0.25, 0.3) is 10.9 Å². The molecule has 1 fully saturated rings. The van der Waals surface area contributed by atoms with E-state index < -0.39 is 5.67 Å². The minimum Gasteiger partial charge on any atom is -0.360 e. The average Bonchev–Trinajstić information content (AvgIpc) is 3.12. The van der Waals surface area contributed by atoms with Crippen LogP contribution < -0.4 is 5.32 Å². The number of carbonyl (C=O) groups is 1. The van der Waals surface area contributed by atoms with Gasteiger partial charge in [-0.1, -0.05) is 17.7 Å². The van der Waals surface area contributed by atoms with Crippen LogP contribution in [0.3, 0.4) is 0 Å². The lowest BCUT2D eigenvalue weighted by atomic mass is 9.92. The summed E-state index contributed by atoms with van der Waals surface area (Å²) >= 11 is 0. The number of nitrogens with zero attached hydrogens (tertiary/aromatic N) is 2. The van der Waals surface area contributed by atoms with E-state index in [4.69, 9.17) is 0 Å². The third-order valence-electron chi connectivity index (χ3n) is 5.73. The van der Waals surface area contributed by atoms with E-state index in [0.29, 0.717) is 38.0 Å². The highest BCUT2D eigenvalue weighted by molar-refractivity contribution is 6.06. The van der Waals surface area contributed by atoms with Gasteiger partial charge in [-0.25, -0.2) is 4.39 Å². The second-order valence-electron chi connectivity index (χ2n) is 8.12. The largest absolute Gasteiger partial charge is 0.360 e. The van der Waals surface area contributed by atoms with Gasteiger partial charge in [0.15, 0.2) is 0 Å². The van der Waals surface area contributed by atoms with Gasteiger partial charge in [0, 0.05) is 62.3 Å². The lowest BCUT2D eigenvalue weighted by molar-refractivity contribution is 0.0436. The van der Waals surface area contributed by atoms with E-state index in [1.165, 1.54) is 0 Å². The van der Waals surface area contributed by atoms with Gasteiger partial charge in [-0.05, 0) is 37.6 Å². The molecule has 0 bridgehead atoms. The molecule has 29 heavy (non-hydrogen) atoms. The first kappa shape index (κ1) is 19.6. The fourth-order valence-corrected chi connectivity index (χ4v) is 3.89. The van der Waals surface area contributed by atoms with Gasteiger partial charge >= 0.3 is 0 Å². The predicted molar refractivity (Wildman–Crippen MR) is 113 cm³/mol. The number of aryl methyl sites for hydroxylation is 2. The highest BCUT2D eigenvalue weighted by atomic mass is 19.1. The highest BCUT2D eigenvalue weighted by Gasteiger charge is 2.36. The van der Waals surface area contributed by atoms with E-state index in [-0.39, 0.29) is 12.5 Å². The van der Waals surface area contributed by atoms with Crippen LogP contribution in [0.1, 0.15) is 40.0 Å². The number of carbonyl (C=O) groups excluding carboxylic acids is 1. The average molecular weight is 394 g/mol. The number of halogens is 1. The van der Waals surface area contributed by atoms with E-state index in [0.717, 1.165) is 27.7 Å². The van der Waals surface area contributed by atoms with Gasteiger partial charge in [-0.15, -0.1) is 0 Å². The first-order valence-electron chi connectivity index (χ1n) is 10.1. The van der Waals surface area contributed by atoms with Crippen molar-refractivity contribution in [3.63, 3.8) is 0 Å². The van der Waals surface area contributed by atoms with Gasteiger partial charge in [0.05, 0.1) is 11.3 Å². The van der Waals surface area contributed by atoms with Crippen molar-refractivity contribution in [2.45, 2.75) is 38.9 Å². The summed E-state index contributed by atoms with van der Waals surface area (Å²) in [7, 11) is 0. The zero-order valence-electron chi connectivity index (χ0n) is 17.0. The number of piperidine rings is 1. The Morgan fingerprint density at radius 3 is 2.69 bits per heavy atom. The first-order chi connectivity index (χ1) is 13.9. The molecule has 152 valence electrons. The number of aromatic amines is 1. The quantitative estimate of drug-likeness (QED) is 0.690. The van der Waals surface area contributed by atoms with Gasteiger partial charge in [0.25, 0.3) is 5.91 Å². The van der Waals surface area contributed by atoms with E-state index in [2.05, 4.69) is 15.3 Å². The molecule has 0 saturated carbocycles. The Morgan fingerprint density at radius 2 is 1.97 bits per heavy atom. The van der Waals surface area contributed by atoms with Crippen LogP contribution in [0.5, 0.6) is 0 Å². The molecule has 6 heteroatoms. The third-order valence-corrected chi connectivity index (χ3v) is 5.73. The van der Waals surface area contributed by atoms with Crippen LogP contribution in [0.15, 0.2) is 42.7 Å². The van der Waals surface area contributed by atoms with Crippen molar-refractivity contribution in [3.05, 3.63) is 65.1 Å². The van der Waals surface area contributed by atoms with Crippen molar-refractivity contribution in [2.24, 2.45) is 0 Å². The Kier molecular flexibility index (Phi) is 5.37. The molecule has 5 nitrogen and oxygen atoms in total.